The molecule has 1 aliphatic heterocycles. The number of nitrogens with zero attached hydrogens (tertiary/aromatic N) is 1. The highest BCUT2D eigenvalue weighted by molar-refractivity contribution is 8.00. The van der Waals surface area contributed by atoms with Crippen LogP contribution in [0.5, 0.6) is 0 Å². The summed E-state index contributed by atoms with van der Waals surface area (Å²) in [7, 11) is 1.30. The summed E-state index contributed by atoms with van der Waals surface area (Å²) >= 11 is 1.54. The normalized spacial score (nSPS) is 23.3. The highest BCUT2D eigenvalue weighted by atomic mass is 32.2. The van der Waals surface area contributed by atoms with Crippen LogP contribution in [0.25, 0.3) is 0 Å². The van der Waals surface area contributed by atoms with Crippen LogP contribution in [0, 0.1) is 5.92 Å². The van der Waals surface area contributed by atoms with Gasteiger partial charge in [-0.05, 0) is 19.8 Å². The third kappa shape index (κ3) is 3.90. The van der Waals surface area contributed by atoms with Crippen LogP contribution in [-0.4, -0.2) is 53.0 Å². The second-order valence-corrected chi connectivity index (χ2v) is 7.30. The van der Waals surface area contributed by atoms with Gasteiger partial charge in [-0.15, -0.1) is 11.8 Å². The summed E-state index contributed by atoms with van der Waals surface area (Å²) in [4.78, 5) is 36.6. The Hall–Kier alpha value is -1.24. The maximum atomic E-state index is 12.4. The summed E-state index contributed by atoms with van der Waals surface area (Å²) < 4.78 is 4.75. The number of ether oxygens (including phenoxy) is 1. The Kier molecular flexibility index (Phi) is 6.07. The van der Waals surface area contributed by atoms with Crippen LogP contribution in [-0.2, 0) is 19.1 Å². The molecule has 1 N–H and O–H groups in total. The van der Waals surface area contributed by atoms with Crippen LogP contribution in [0.1, 0.15) is 34.1 Å². The van der Waals surface area contributed by atoms with E-state index in [9.17, 15) is 14.4 Å². The van der Waals surface area contributed by atoms with Crippen molar-refractivity contribution in [2.45, 2.75) is 51.1 Å². The summed E-state index contributed by atoms with van der Waals surface area (Å²) in [6.07, 6.45) is 1.43. The molecule has 1 heterocycles. The molecule has 3 unspecified atom stereocenters. The van der Waals surface area contributed by atoms with E-state index in [0.29, 0.717) is 12.2 Å². The molecular weight excluding hydrogens is 292 g/mol. The van der Waals surface area contributed by atoms with Gasteiger partial charge >= 0.3 is 5.97 Å². The Morgan fingerprint density at radius 1 is 1.52 bits per heavy atom. The lowest BCUT2D eigenvalue weighted by molar-refractivity contribution is -0.147. The fourth-order valence-corrected chi connectivity index (χ4v) is 3.46. The minimum Gasteiger partial charge on any atom is -0.467 e. The number of rotatable bonds is 6. The Balaban J connectivity index is 2.83. The van der Waals surface area contributed by atoms with Gasteiger partial charge < -0.3 is 15.0 Å². The molecule has 0 saturated carbocycles. The molecule has 0 spiro atoms. The SMILES string of the molecule is CCC(C)C(NC(=O)C1CSC(C)(C)N1C=O)C(=O)OC. The summed E-state index contributed by atoms with van der Waals surface area (Å²) in [5, 5.41) is 2.74. The minimum atomic E-state index is -0.685. The molecule has 1 aliphatic rings. The molecule has 0 aromatic rings. The summed E-state index contributed by atoms with van der Waals surface area (Å²) in [6.45, 7) is 7.61. The first-order chi connectivity index (χ1) is 9.78. The number of thioether (sulfide) groups is 1. The molecule has 0 aliphatic carbocycles. The molecule has 0 bridgehead atoms. The van der Waals surface area contributed by atoms with E-state index in [2.05, 4.69) is 5.32 Å². The van der Waals surface area contributed by atoms with E-state index in [1.54, 1.807) is 11.8 Å². The number of carbonyl (C=O) groups is 3. The van der Waals surface area contributed by atoms with Crippen molar-refractivity contribution in [3.05, 3.63) is 0 Å². The Labute approximate surface area is 130 Å². The molecule has 2 amide bonds. The van der Waals surface area contributed by atoms with E-state index in [-0.39, 0.29) is 11.8 Å². The van der Waals surface area contributed by atoms with E-state index in [1.165, 1.54) is 12.0 Å². The number of hydrogen-bond acceptors (Lipinski definition) is 5. The lowest BCUT2D eigenvalue weighted by Crippen LogP contribution is -2.54. The molecule has 3 atom stereocenters. The highest BCUT2D eigenvalue weighted by Gasteiger charge is 2.44. The van der Waals surface area contributed by atoms with Gasteiger partial charge in [-0.2, -0.15) is 0 Å². The van der Waals surface area contributed by atoms with Crippen molar-refractivity contribution in [3.8, 4) is 0 Å². The van der Waals surface area contributed by atoms with Crippen molar-refractivity contribution in [2.75, 3.05) is 12.9 Å². The van der Waals surface area contributed by atoms with Gasteiger partial charge in [0.05, 0.1) is 12.0 Å². The molecule has 1 saturated heterocycles. The maximum Gasteiger partial charge on any atom is 0.328 e. The van der Waals surface area contributed by atoms with Crippen molar-refractivity contribution in [2.24, 2.45) is 5.92 Å². The third-order valence-corrected chi connectivity index (χ3v) is 5.33. The molecule has 0 aromatic heterocycles. The van der Waals surface area contributed by atoms with Gasteiger partial charge in [-0.3, -0.25) is 9.59 Å². The van der Waals surface area contributed by atoms with Crippen molar-refractivity contribution < 1.29 is 19.1 Å². The average Bonchev–Trinajstić information content (AvgIpc) is 2.77. The Bertz CT molecular complexity index is 414. The van der Waals surface area contributed by atoms with Crippen LogP contribution in [0.4, 0.5) is 0 Å². The number of methoxy groups -OCH3 is 1. The third-order valence-electron chi connectivity index (χ3n) is 3.93. The van der Waals surface area contributed by atoms with E-state index >= 15 is 0 Å². The van der Waals surface area contributed by atoms with Crippen LogP contribution >= 0.6 is 11.8 Å². The molecule has 120 valence electrons. The average molecular weight is 316 g/mol. The number of carbonyl (C=O) groups excluding carboxylic acids is 3. The molecule has 0 radical (unpaired) electrons. The predicted octanol–water partition coefficient (Wildman–Crippen LogP) is 1.00. The first-order valence-corrected chi connectivity index (χ1v) is 8.03. The van der Waals surface area contributed by atoms with Gasteiger partial charge in [0.2, 0.25) is 12.3 Å². The van der Waals surface area contributed by atoms with Gasteiger partial charge in [0.15, 0.2) is 0 Å². The molecule has 0 aromatic carbocycles. The standard InChI is InChI=1S/C14H24N2O4S/c1-6-9(2)11(13(19)20-5)15-12(18)10-7-21-14(3,4)16(10)8-17/h8-11H,6-7H2,1-5H3,(H,15,18). The zero-order chi connectivity index (χ0) is 16.2. The van der Waals surface area contributed by atoms with Crippen LogP contribution in [0.15, 0.2) is 0 Å². The van der Waals surface area contributed by atoms with E-state index < -0.39 is 22.9 Å². The predicted molar refractivity (Wildman–Crippen MR) is 81.6 cm³/mol. The Morgan fingerprint density at radius 3 is 2.62 bits per heavy atom. The van der Waals surface area contributed by atoms with Crippen LogP contribution in [0.3, 0.4) is 0 Å². The first kappa shape index (κ1) is 17.8. The smallest absolute Gasteiger partial charge is 0.328 e. The van der Waals surface area contributed by atoms with E-state index in [4.69, 9.17) is 4.74 Å². The molecule has 6 nitrogen and oxygen atoms in total. The van der Waals surface area contributed by atoms with Crippen molar-refractivity contribution >= 4 is 30.0 Å². The summed E-state index contributed by atoms with van der Waals surface area (Å²) in [5.74, 6) is -0.282. The summed E-state index contributed by atoms with van der Waals surface area (Å²) in [6, 6.07) is -1.24. The zero-order valence-electron chi connectivity index (χ0n) is 13.2. The second kappa shape index (κ2) is 7.15. The van der Waals surface area contributed by atoms with Crippen molar-refractivity contribution in [1.82, 2.24) is 10.2 Å². The lowest BCUT2D eigenvalue weighted by atomic mass is 9.99. The number of esters is 1. The zero-order valence-corrected chi connectivity index (χ0v) is 14.0. The number of amides is 2. The maximum absolute atomic E-state index is 12.4. The van der Waals surface area contributed by atoms with Crippen LogP contribution in [0.2, 0.25) is 0 Å². The quantitative estimate of drug-likeness (QED) is 0.584. The number of nitrogens with one attached hydrogen (secondary N) is 1. The molecule has 21 heavy (non-hydrogen) atoms. The van der Waals surface area contributed by atoms with Gasteiger partial charge in [-0.1, -0.05) is 20.3 Å². The molecule has 1 fully saturated rings. The lowest BCUT2D eigenvalue weighted by Gasteiger charge is -2.31. The monoisotopic (exact) mass is 316 g/mol. The Morgan fingerprint density at radius 2 is 2.14 bits per heavy atom. The first-order valence-electron chi connectivity index (χ1n) is 7.04. The fraction of sp³-hybridized carbons (Fsp3) is 0.786. The van der Waals surface area contributed by atoms with Gasteiger partial charge in [0.1, 0.15) is 12.1 Å². The summed E-state index contributed by atoms with van der Waals surface area (Å²) in [5.41, 5.74) is 0. The topological polar surface area (TPSA) is 75.7 Å². The van der Waals surface area contributed by atoms with Gasteiger partial charge in [0.25, 0.3) is 0 Å². The number of hydrogen-bond donors (Lipinski definition) is 1. The van der Waals surface area contributed by atoms with Crippen molar-refractivity contribution in [3.63, 3.8) is 0 Å². The van der Waals surface area contributed by atoms with Crippen LogP contribution < -0.4 is 5.32 Å². The van der Waals surface area contributed by atoms with E-state index in [0.717, 1.165) is 6.42 Å². The molecule has 1 rings (SSSR count). The minimum absolute atomic E-state index is 0.0341. The fourth-order valence-electron chi connectivity index (χ4n) is 2.26. The van der Waals surface area contributed by atoms with Crippen molar-refractivity contribution in [1.29, 1.82) is 0 Å². The second-order valence-electron chi connectivity index (χ2n) is 5.68. The molecule has 7 heteroatoms. The largest absolute Gasteiger partial charge is 0.467 e. The van der Waals surface area contributed by atoms with Gasteiger partial charge in [-0.25, -0.2) is 4.79 Å². The molecular formula is C14H24N2O4S. The highest BCUT2D eigenvalue weighted by Crippen LogP contribution is 2.37. The van der Waals surface area contributed by atoms with E-state index in [1.807, 2.05) is 27.7 Å². The van der Waals surface area contributed by atoms with Gasteiger partial charge in [0, 0.05) is 5.75 Å².